The van der Waals surface area contributed by atoms with Crippen LogP contribution < -0.4 is 5.73 Å². The highest BCUT2D eigenvalue weighted by Gasteiger charge is 2.49. The molecule has 3 aliphatic rings. The van der Waals surface area contributed by atoms with Crippen LogP contribution in [0.3, 0.4) is 0 Å². The monoisotopic (exact) mass is 239 g/mol. The summed E-state index contributed by atoms with van der Waals surface area (Å²) in [5, 5.41) is 0. The Bertz CT molecular complexity index is 264. The summed E-state index contributed by atoms with van der Waals surface area (Å²) in [5.74, 6) is 0. The van der Waals surface area contributed by atoms with Crippen molar-refractivity contribution in [1.82, 2.24) is 9.80 Å². The van der Waals surface area contributed by atoms with Gasteiger partial charge in [0, 0.05) is 37.3 Å². The predicted molar refractivity (Wildman–Crippen MR) is 68.0 cm³/mol. The van der Waals surface area contributed by atoms with Crippen molar-refractivity contribution in [3.63, 3.8) is 0 Å². The Morgan fingerprint density at radius 3 is 2.29 bits per heavy atom. The fourth-order valence-electron chi connectivity index (χ4n) is 4.13. The SMILES string of the molecule is CN1C2CCC1CC(CN)(N1CCOCC1)C2. The molecule has 0 spiro atoms. The van der Waals surface area contributed by atoms with E-state index in [1.165, 1.54) is 25.7 Å². The van der Waals surface area contributed by atoms with Crippen LogP contribution in [0.5, 0.6) is 0 Å². The summed E-state index contributed by atoms with van der Waals surface area (Å²) < 4.78 is 5.48. The standard InChI is InChI=1S/C13H25N3O/c1-15-11-2-3-12(15)9-13(8-11,10-14)16-4-6-17-7-5-16/h11-12H,2-10,14H2,1H3. The first-order valence-corrected chi connectivity index (χ1v) is 7.00. The van der Waals surface area contributed by atoms with Gasteiger partial charge in [-0.2, -0.15) is 0 Å². The van der Waals surface area contributed by atoms with E-state index in [2.05, 4.69) is 16.8 Å². The molecule has 4 heteroatoms. The second kappa shape index (κ2) is 4.50. The highest BCUT2D eigenvalue weighted by molar-refractivity contribution is 5.06. The van der Waals surface area contributed by atoms with Gasteiger partial charge < -0.3 is 15.4 Å². The lowest BCUT2D eigenvalue weighted by atomic mass is 9.81. The van der Waals surface area contributed by atoms with E-state index in [4.69, 9.17) is 10.5 Å². The molecule has 3 heterocycles. The molecule has 0 aromatic carbocycles. The van der Waals surface area contributed by atoms with Gasteiger partial charge in [-0.3, -0.25) is 4.90 Å². The first kappa shape index (κ1) is 11.9. The summed E-state index contributed by atoms with van der Waals surface area (Å²) in [6, 6.07) is 1.53. The largest absolute Gasteiger partial charge is 0.379 e. The molecule has 0 aliphatic carbocycles. The fourth-order valence-corrected chi connectivity index (χ4v) is 4.13. The van der Waals surface area contributed by atoms with Crippen molar-refractivity contribution in [1.29, 1.82) is 0 Å². The van der Waals surface area contributed by atoms with Crippen molar-refractivity contribution in [2.45, 2.75) is 43.3 Å². The molecule has 3 saturated heterocycles. The third-order valence-corrected chi connectivity index (χ3v) is 5.28. The lowest BCUT2D eigenvalue weighted by molar-refractivity contribution is -0.0558. The van der Waals surface area contributed by atoms with Crippen LogP contribution in [-0.2, 0) is 4.74 Å². The van der Waals surface area contributed by atoms with Crippen molar-refractivity contribution >= 4 is 0 Å². The number of piperidine rings is 1. The van der Waals surface area contributed by atoms with E-state index in [0.29, 0.717) is 0 Å². The summed E-state index contributed by atoms with van der Waals surface area (Å²) in [4.78, 5) is 5.21. The molecular formula is C13H25N3O. The van der Waals surface area contributed by atoms with Crippen LogP contribution in [0.1, 0.15) is 25.7 Å². The number of fused-ring (bicyclic) bond motifs is 2. The Labute approximate surface area is 104 Å². The molecule has 17 heavy (non-hydrogen) atoms. The third kappa shape index (κ3) is 1.91. The van der Waals surface area contributed by atoms with Gasteiger partial charge in [0.1, 0.15) is 0 Å². The Balaban J connectivity index is 1.78. The molecule has 0 saturated carbocycles. The second-order valence-corrected chi connectivity index (χ2v) is 5.99. The van der Waals surface area contributed by atoms with Crippen LogP contribution in [0.2, 0.25) is 0 Å². The zero-order valence-electron chi connectivity index (χ0n) is 10.9. The summed E-state index contributed by atoms with van der Waals surface area (Å²) in [7, 11) is 2.29. The van der Waals surface area contributed by atoms with Crippen LogP contribution in [0.25, 0.3) is 0 Å². The van der Waals surface area contributed by atoms with Crippen molar-refractivity contribution in [2.75, 3.05) is 39.9 Å². The zero-order valence-corrected chi connectivity index (χ0v) is 10.9. The number of rotatable bonds is 2. The Morgan fingerprint density at radius 1 is 1.18 bits per heavy atom. The predicted octanol–water partition coefficient (Wildman–Crippen LogP) is 0.273. The first-order valence-electron chi connectivity index (χ1n) is 7.00. The Hall–Kier alpha value is -0.160. The molecule has 3 aliphatic heterocycles. The van der Waals surface area contributed by atoms with Crippen molar-refractivity contribution < 1.29 is 4.74 Å². The quantitative estimate of drug-likeness (QED) is 0.751. The van der Waals surface area contributed by atoms with Gasteiger partial charge in [0.2, 0.25) is 0 Å². The van der Waals surface area contributed by atoms with Gasteiger partial charge in [0.25, 0.3) is 0 Å². The number of hydrogen-bond donors (Lipinski definition) is 1. The summed E-state index contributed by atoms with van der Waals surface area (Å²) >= 11 is 0. The average molecular weight is 239 g/mol. The number of morpholine rings is 1. The van der Waals surface area contributed by atoms with Crippen molar-refractivity contribution in [2.24, 2.45) is 5.73 Å². The van der Waals surface area contributed by atoms with Gasteiger partial charge in [-0.25, -0.2) is 0 Å². The minimum atomic E-state index is 0.266. The van der Waals surface area contributed by atoms with E-state index in [1.807, 2.05) is 0 Å². The molecule has 4 nitrogen and oxygen atoms in total. The zero-order chi connectivity index (χ0) is 11.9. The van der Waals surface area contributed by atoms with Crippen molar-refractivity contribution in [3.05, 3.63) is 0 Å². The van der Waals surface area contributed by atoms with Crippen LogP contribution in [0, 0.1) is 0 Å². The van der Waals surface area contributed by atoms with Gasteiger partial charge in [0.05, 0.1) is 13.2 Å². The van der Waals surface area contributed by atoms with E-state index < -0.39 is 0 Å². The van der Waals surface area contributed by atoms with Gasteiger partial charge >= 0.3 is 0 Å². The summed E-state index contributed by atoms with van der Waals surface area (Å²) in [6.07, 6.45) is 5.26. The molecule has 0 aromatic heterocycles. The molecule has 2 unspecified atom stereocenters. The molecule has 0 radical (unpaired) electrons. The highest BCUT2D eigenvalue weighted by atomic mass is 16.5. The van der Waals surface area contributed by atoms with Crippen molar-refractivity contribution in [3.8, 4) is 0 Å². The lowest BCUT2D eigenvalue weighted by Gasteiger charge is -2.52. The highest BCUT2D eigenvalue weighted by Crippen LogP contribution is 2.42. The van der Waals surface area contributed by atoms with Gasteiger partial charge in [-0.1, -0.05) is 0 Å². The molecule has 2 bridgehead atoms. The van der Waals surface area contributed by atoms with E-state index >= 15 is 0 Å². The average Bonchev–Trinajstić information content (AvgIpc) is 2.63. The minimum absolute atomic E-state index is 0.266. The Kier molecular flexibility index (Phi) is 3.15. The number of nitrogens with two attached hydrogens (primary N) is 1. The second-order valence-electron chi connectivity index (χ2n) is 5.99. The topological polar surface area (TPSA) is 41.7 Å². The molecule has 3 fully saturated rings. The smallest absolute Gasteiger partial charge is 0.0594 e. The van der Waals surface area contributed by atoms with E-state index in [1.54, 1.807) is 0 Å². The van der Waals surface area contributed by atoms with E-state index in [9.17, 15) is 0 Å². The molecule has 2 N–H and O–H groups in total. The molecule has 98 valence electrons. The minimum Gasteiger partial charge on any atom is -0.379 e. The number of nitrogens with zero attached hydrogens (tertiary/aromatic N) is 2. The van der Waals surface area contributed by atoms with E-state index in [0.717, 1.165) is 44.9 Å². The molecular weight excluding hydrogens is 214 g/mol. The Morgan fingerprint density at radius 2 is 1.76 bits per heavy atom. The number of ether oxygens (including phenoxy) is 1. The summed E-state index contributed by atoms with van der Waals surface area (Å²) in [5.41, 5.74) is 6.43. The first-order chi connectivity index (χ1) is 8.25. The fraction of sp³-hybridized carbons (Fsp3) is 1.00. The number of hydrogen-bond acceptors (Lipinski definition) is 4. The van der Waals surface area contributed by atoms with Gasteiger partial charge in [-0.15, -0.1) is 0 Å². The molecule has 3 rings (SSSR count). The molecule has 0 amide bonds. The molecule has 0 aromatic rings. The molecule has 2 atom stereocenters. The third-order valence-electron chi connectivity index (χ3n) is 5.28. The lowest BCUT2D eigenvalue weighted by Crippen LogP contribution is -2.63. The van der Waals surface area contributed by atoms with Crippen LogP contribution in [0.4, 0.5) is 0 Å². The van der Waals surface area contributed by atoms with E-state index in [-0.39, 0.29) is 5.54 Å². The maximum absolute atomic E-state index is 6.17. The maximum atomic E-state index is 6.17. The normalized spacial score (nSPS) is 44.1. The van der Waals surface area contributed by atoms with Gasteiger partial charge in [-0.05, 0) is 32.7 Å². The maximum Gasteiger partial charge on any atom is 0.0594 e. The van der Waals surface area contributed by atoms with Gasteiger partial charge in [0.15, 0.2) is 0 Å². The summed E-state index contributed by atoms with van der Waals surface area (Å²) in [6.45, 7) is 4.72. The van der Waals surface area contributed by atoms with Crippen LogP contribution in [0.15, 0.2) is 0 Å². The van der Waals surface area contributed by atoms with Crippen LogP contribution in [-0.4, -0.2) is 67.3 Å². The van der Waals surface area contributed by atoms with Crippen LogP contribution >= 0.6 is 0 Å².